The first-order valence-electron chi connectivity index (χ1n) is 6.00. The van der Waals surface area contributed by atoms with Gasteiger partial charge in [0.2, 0.25) is 0 Å². The number of pyridine rings is 1. The molecule has 5 nitrogen and oxygen atoms in total. The van der Waals surface area contributed by atoms with Gasteiger partial charge in [0, 0.05) is 17.5 Å². The molecule has 0 aliphatic rings. The minimum absolute atomic E-state index is 0.0772. The maximum atomic E-state index is 13.6. The summed E-state index contributed by atoms with van der Waals surface area (Å²) in [5, 5.41) is 0.441. The molecule has 0 fully saturated rings. The van der Waals surface area contributed by atoms with Gasteiger partial charge in [-0.2, -0.15) is 0 Å². The second-order valence-electron chi connectivity index (χ2n) is 3.93. The number of carbonyl (C=O) groups excluding carboxylic acids is 1. The Morgan fingerprint density at radius 1 is 1.25 bits per heavy atom. The summed E-state index contributed by atoms with van der Waals surface area (Å²) in [6.07, 6.45) is 0. The molecule has 2 aromatic rings. The van der Waals surface area contributed by atoms with Gasteiger partial charge in [0.25, 0.3) is 0 Å². The van der Waals surface area contributed by atoms with E-state index in [4.69, 9.17) is 9.47 Å². The van der Waals surface area contributed by atoms with Crippen LogP contribution in [0.5, 0.6) is 11.5 Å². The number of ether oxygens (including phenoxy) is 3. The maximum Gasteiger partial charge on any atom is 0.356 e. The molecule has 0 unspecified atom stereocenters. The molecule has 0 saturated carbocycles. The van der Waals surface area contributed by atoms with Crippen LogP contribution in [0.3, 0.4) is 0 Å². The van der Waals surface area contributed by atoms with Crippen molar-refractivity contribution >= 4 is 16.9 Å². The van der Waals surface area contributed by atoms with Crippen molar-refractivity contribution in [2.45, 2.75) is 6.92 Å². The Hall–Kier alpha value is -2.37. The Morgan fingerprint density at radius 3 is 2.60 bits per heavy atom. The molecule has 0 N–H and O–H groups in total. The first-order valence-corrected chi connectivity index (χ1v) is 6.00. The smallest absolute Gasteiger partial charge is 0.356 e. The largest absolute Gasteiger partial charge is 0.494 e. The fourth-order valence-electron chi connectivity index (χ4n) is 1.87. The number of benzene rings is 1. The predicted molar refractivity (Wildman–Crippen MR) is 70.8 cm³/mol. The van der Waals surface area contributed by atoms with Crippen LogP contribution >= 0.6 is 0 Å². The van der Waals surface area contributed by atoms with Gasteiger partial charge in [-0.25, -0.2) is 14.2 Å². The summed E-state index contributed by atoms with van der Waals surface area (Å²) in [6.45, 7) is 2.17. The molecule has 20 heavy (non-hydrogen) atoms. The number of halogens is 1. The average Bonchev–Trinajstić information content (AvgIpc) is 2.46. The molecule has 0 aliphatic carbocycles. The van der Waals surface area contributed by atoms with Gasteiger partial charge < -0.3 is 14.2 Å². The number of nitrogens with zero attached hydrogens (tertiary/aromatic N) is 1. The second-order valence-corrected chi connectivity index (χ2v) is 3.93. The zero-order valence-corrected chi connectivity index (χ0v) is 11.4. The van der Waals surface area contributed by atoms with Crippen molar-refractivity contribution in [1.82, 2.24) is 4.98 Å². The van der Waals surface area contributed by atoms with Crippen LogP contribution < -0.4 is 9.47 Å². The van der Waals surface area contributed by atoms with Crippen LogP contribution in [0.4, 0.5) is 4.39 Å². The standard InChI is InChI=1S/C14H14FNO4/c1-4-20-11-7-10(14(17)19-3)16-13-9(11)5-8(15)6-12(13)18-2/h5-7H,4H2,1-3H3. The van der Waals surface area contributed by atoms with Crippen LogP contribution in [0.1, 0.15) is 17.4 Å². The van der Waals surface area contributed by atoms with Crippen LogP contribution in [0, 0.1) is 5.82 Å². The lowest BCUT2D eigenvalue weighted by Crippen LogP contribution is -2.06. The molecule has 0 radical (unpaired) electrons. The van der Waals surface area contributed by atoms with Crippen molar-refractivity contribution in [3.05, 3.63) is 29.7 Å². The number of methoxy groups -OCH3 is 2. The van der Waals surface area contributed by atoms with Crippen molar-refractivity contribution in [3.63, 3.8) is 0 Å². The summed E-state index contributed by atoms with van der Waals surface area (Å²) in [5.41, 5.74) is 0.425. The Balaban J connectivity index is 2.77. The quantitative estimate of drug-likeness (QED) is 0.805. The van der Waals surface area contributed by atoms with Gasteiger partial charge in [-0.1, -0.05) is 0 Å². The van der Waals surface area contributed by atoms with E-state index >= 15 is 0 Å². The van der Waals surface area contributed by atoms with E-state index in [1.54, 1.807) is 6.92 Å². The minimum Gasteiger partial charge on any atom is -0.494 e. The lowest BCUT2D eigenvalue weighted by molar-refractivity contribution is 0.0594. The van der Waals surface area contributed by atoms with Gasteiger partial charge in [0.05, 0.1) is 20.8 Å². The number of hydrogen-bond donors (Lipinski definition) is 0. The first-order chi connectivity index (χ1) is 9.60. The van der Waals surface area contributed by atoms with E-state index < -0.39 is 11.8 Å². The molecule has 6 heteroatoms. The Morgan fingerprint density at radius 2 is 2.00 bits per heavy atom. The van der Waals surface area contributed by atoms with Gasteiger partial charge in [-0.05, 0) is 13.0 Å². The zero-order valence-electron chi connectivity index (χ0n) is 11.4. The molecule has 106 valence electrons. The van der Waals surface area contributed by atoms with Crippen molar-refractivity contribution in [2.75, 3.05) is 20.8 Å². The minimum atomic E-state index is -0.598. The molecular weight excluding hydrogens is 265 g/mol. The molecule has 2 rings (SSSR count). The van der Waals surface area contributed by atoms with Crippen molar-refractivity contribution in [1.29, 1.82) is 0 Å². The van der Waals surface area contributed by atoms with Crippen molar-refractivity contribution in [3.8, 4) is 11.5 Å². The summed E-state index contributed by atoms with van der Waals surface area (Å²) in [6, 6.07) is 3.92. The number of fused-ring (bicyclic) bond motifs is 1. The highest BCUT2D eigenvalue weighted by molar-refractivity contribution is 5.96. The molecule has 1 heterocycles. The number of esters is 1. The van der Waals surface area contributed by atoms with Crippen LogP contribution in [-0.2, 0) is 4.74 Å². The van der Waals surface area contributed by atoms with E-state index in [0.717, 1.165) is 0 Å². The maximum absolute atomic E-state index is 13.6. The molecule has 0 bridgehead atoms. The second kappa shape index (κ2) is 5.73. The van der Waals surface area contributed by atoms with Crippen LogP contribution in [0.2, 0.25) is 0 Å². The third-order valence-electron chi connectivity index (χ3n) is 2.72. The summed E-state index contributed by atoms with van der Waals surface area (Å²) in [7, 11) is 2.66. The first kappa shape index (κ1) is 14.0. The number of rotatable bonds is 4. The van der Waals surface area contributed by atoms with Gasteiger partial charge in [0.15, 0.2) is 5.69 Å². The molecule has 0 aliphatic heterocycles. The van der Waals surface area contributed by atoms with Crippen molar-refractivity contribution in [2.24, 2.45) is 0 Å². The van der Waals surface area contributed by atoms with Crippen LogP contribution in [0.25, 0.3) is 10.9 Å². The molecule has 0 amide bonds. The Bertz CT molecular complexity index is 657. The Labute approximate surface area is 115 Å². The molecular formula is C14H14FNO4. The number of aromatic nitrogens is 1. The third kappa shape index (κ3) is 2.49. The van der Waals surface area contributed by atoms with E-state index in [1.165, 1.54) is 32.4 Å². The highest BCUT2D eigenvalue weighted by Crippen LogP contribution is 2.32. The normalized spacial score (nSPS) is 10.4. The highest BCUT2D eigenvalue weighted by atomic mass is 19.1. The molecule has 1 aromatic carbocycles. The van der Waals surface area contributed by atoms with Crippen LogP contribution in [0.15, 0.2) is 18.2 Å². The van der Waals surface area contributed by atoms with Crippen LogP contribution in [-0.4, -0.2) is 31.8 Å². The summed E-state index contributed by atoms with van der Waals surface area (Å²) in [4.78, 5) is 15.8. The topological polar surface area (TPSA) is 57.7 Å². The predicted octanol–water partition coefficient (Wildman–Crippen LogP) is 2.57. The Kier molecular flexibility index (Phi) is 4.02. The lowest BCUT2D eigenvalue weighted by atomic mass is 10.1. The summed E-state index contributed by atoms with van der Waals surface area (Å²) < 4.78 is 28.8. The van der Waals surface area contributed by atoms with E-state index in [9.17, 15) is 9.18 Å². The summed E-state index contributed by atoms with van der Waals surface area (Å²) >= 11 is 0. The lowest BCUT2D eigenvalue weighted by Gasteiger charge is -2.11. The van der Waals surface area contributed by atoms with Gasteiger partial charge in [0.1, 0.15) is 22.8 Å². The third-order valence-corrected chi connectivity index (χ3v) is 2.72. The molecule has 1 aromatic heterocycles. The van der Waals surface area contributed by atoms with E-state index in [-0.39, 0.29) is 11.4 Å². The number of carbonyl (C=O) groups is 1. The fourth-order valence-corrected chi connectivity index (χ4v) is 1.87. The van der Waals surface area contributed by atoms with Crippen molar-refractivity contribution < 1.29 is 23.4 Å². The molecule has 0 saturated heterocycles. The van der Waals surface area contributed by atoms with E-state index in [2.05, 4.69) is 9.72 Å². The average molecular weight is 279 g/mol. The zero-order chi connectivity index (χ0) is 14.7. The molecule has 0 spiro atoms. The summed E-state index contributed by atoms with van der Waals surface area (Å²) in [5.74, 6) is -0.482. The van der Waals surface area contributed by atoms with E-state index in [0.29, 0.717) is 23.3 Å². The van der Waals surface area contributed by atoms with Gasteiger partial charge in [-0.15, -0.1) is 0 Å². The monoisotopic (exact) mass is 279 g/mol. The number of hydrogen-bond acceptors (Lipinski definition) is 5. The van der Waals surface area contributed by atoms with Gasteiger partial charge in [-0.3, -0.25) is 0 Å². The highest BCUT2D eigenvalue weighted by Gasteiger charge is 2.17. The fraction of sp³-hybridized carbons (Fsp3) is 0.286. The van der Waals surface area contributed by atoms with E-state index in [1.807, 2.05) is 0 Å². The molecule has 0 atom stereocenters. The SMILES string of the molecule is CCOc1cc(C(=O)OC)nc2c(OC)cc(F)cc12. The van der Waals surface area contributed by atoms with Gasteiger partial charge >= 0.3 is 5.97 Å².